The van der Waals surface area contributed by atoms with Crippen LogP contribution in [0.4, 0.5) is 0 Å². The first-order chi connectivity index (χ1) is 10.00. The summed E-state index contributed by atoms with van der Waals surface area (Å²) >= 11 is 0. The van der Waals surface area contributed by atoms with Crippen molar-refractivity contribution in [2.75, 3.05) is 0 Å². The second-order valence-corrected chi connectivity index (χ2v) is 5.97. The van der Waals surface area contributed by atoms with Gasteiger partial charge in [-0.15, -0.1) is 0 Å². The molecule has 0 aliphatic carbocycles. The number of rotatable bonds is 6. The first-order valence-electron chi connectivity index (χ1n) is 7.43. The lowest BCUT2D eigenvalue weighted by Crippen LogP contribution is -2.43. The summed E-state index contributed by atoms with van der Waals surface area (Å²) in [6, 6.07) is 19.8. The highest BCUT2D eigenvalue weighted by Crippen LogP contribution is 2.31. The molecule has 2 rings (SSSR count). The molecule has 2 nitrogen and oxygen atoms in total. The molecule has 0 amide bonds. The highest BCUT2D eigenvalue weighted by Gasteiger charge is 2.35. The van der Waals surface area contributed by atoms with Crippen LogP contribution in [0.2, 0.25) is 0 Å². The third-order valence-corrected chi connectivity index (χ3v) is 4.21. The van der Waals surface area contributed by atoms with Gasteiger partial charge in [-0.3, -0.25) is 0 Å². The molecular weight excluding hydrogens is 260 g/mol. The van der Waals surface area contributed by atoms with Crippen LogP contribution < -0.4 is 9.47 Å². The van der Waals surface area contributed by atoms with Gasteiger partial charge in [-0.1, -0.05) is 50.2 Å². The highest BCUT2D eigenvalue weighted by molar-refractivity contribution is 5.22. The number of ether oxygens (including phenoxy) is 2. The van der Waals surface area contributed by atoms with Crippen molar-refractivity contribution in [3.8, 4) is 11.5 Å². The maximum atomic E-state index is 6.06. The molecule has 0 saturated carbocycles. The van der Waals surface area contributed by atoms with Crippen LogP contribution >= 0.6 is 0 Å². The van der Waals surface area contributed by atoms with E-state index >= 15 is 0 Å². The monoisotopic (exact) mass is 284 g/mol. The zero-order valence-corrected chi connectivity index (χ0v) is 13.2. The lowest BCUT2D eigenvalue weighted by molar-refractivity contribution is -0.00328. The SMILES string of the molecule is CC(Oc1ccccc1)C(C)(C)C(C)Oc1ccccc1. The number of para-hydroxylation sites is 2. The van der Waals surface area contributed by atoms with Crippen molar-refractivity contribution in [1.82, 2.24) is 0 Å². The average Bonchev–Trinajstić information content (AvgIpc) is 2.49. The number of benzene rings is 2. The molecule has 0 saturated heterocycles. The topological polar surface area (TPSA) is 18.5 Å². The fourth-order valence-corrected chi connectivity index (χ4v) is 2.04. The van der Waals surface area contributed by atoms with Gasteiger partial charge in [0.1, 0.15) is 23.7 Å². The molecule has 0 N–H and O–H groups in total. The van der Waals surface area contributed by atoms with E-state index in [1.807, 2.05) is 60.7 Å². The normalized spacial score (nSPS) is 14.3. The van der Waals surface area contributed by atoms with E-state index in [1.54, 1.807) is 0 Å². The molecule has 0 fully saturated rings. The number of hydrogen-bond acceptors (Lipinski definition) is 2. The van der Waals surface area contributed by atoms with Gasteiger partial charge in [0.2, 0.25) is 0 Å². The second-order valence-electron chi connectivity index (χ2n) is 5.97. The van der Waals surface area contributed by atoms with Crippen LogP contribution in [0.1, 0.15) is 27.7 Å². The summed E-state index contributed by atoms with van der Waals surface area (Å²) in [7, 11) is 0. The van der Waals surface area contributed by atoms with Gasteiger partial charge in [-0.05, 0) is 38.1 Å². The largest absolute Gasteiger partial charge is 0.490 e. The maximum absolute atomic E-state index is 6.06. The molecule has 0 aromatic heterocycles. The molecule has 0 bridgehead atoms. The van der Waals surface area contributed by atoms with Crippen LogP contribution in [-0.2, 0) is 0 Å². The summed E-state index contributed by atoms with van der Waals surface area (Å²) in [6.45, 7) is 8.54. The van der Waals surface area contributed by atoms with E-state index < -0.39 is 0 Å². The quantitative estimate of drug-likeness (QED) is 0.747. The zero-order chi connectivity index (χ0) is 15.3. The Hall–Kier alpha value is -1.96. The van der Waals surface area contributed by atoms with Crippen molar-refractivity contribution >= 4 is 0 Å². The summed E-state index contributed by atoms with van der Waals surface area (Å²) < 4.78 is 12.1. The van der Waals surface area contributed by atoms with E-state index in [0.29, 0.717) is 0 Å². The molecular formula is C19H24O2. The minimum atomic E-state index is -0.119. The van der Waals surface area contributed by atoms with Crippen LogP contribution in [0.5, 0.6) is 11.5 Å². The molecule has 0 aliphatic heterocycles. The lowest BCUT2D eigenvalue weighted by atomic mass is 9.82. The van der Waals surface area contributed by atoms with Crippen LogP contribution in [0.15, 0.2) is 60.7 Å². The first-order valence-corrected chi connectivity index (χ1v) is 7.43. The summed E-state index contributed by atoms with van der Waals surface area (Å²) in [5.74, 6) is 1.79. The fraction of sp³-hybridized carbons (Fsp3) is 0.368. The van der Waals surface area contributed by atoms with Crippen LogP contribution in [0.3, 0.4) is 0 Å². The van der Waals surface area contributed by atoms with Gasteiger partial charge in [0.25, 0.3) is 0 Å². The minimum absolute atomic E-state index is 0.0404. The van der Waals surface area contributed by atoms with Gasteiger partial charge >= 0.3 is 0 Å². The lowest BCUT2D eigenvalue weighted by Gasteiger charge is -2.37. The zero-order valence-electron chi connectivity index (χ0n) is 13.2. The molecule has 2 unspecified atom stereocenters. The second kappa shape index (κ2) is 6.66. The van der Waals surface area contributed by atoms with Crippen molar-refractivity contribution in [1.29, 1.82) is 0 Å². The molecule has 21 heavy (non-hydrogen) atoms. The highest BCUT2D eigenvalue weighted by atomic mass is 16.5. The molecule has 112 valence electrons. The average molecular weight is 284 g/mol. The van der Waals surface area contributed by atoms with E-state index in [2.05, 4.69) is 27.7 Å². The Labute approximate surface area is 127 Å². The minimum Gasteiger partial charge on any atom is -0.490 e. The Morgan fingerprint density at radius 2 is 1.00 bits per heavy atom. The Morgan fingerprint density at radius 1 is 0.667 bits per heavy atom. The molecule has 0 spiro atoms. The van der Waals surface area contributed by atoms with Gasteiger partial charge in [-0.25, -0.2) is 0 Å². The third kappa shape index (κ3) is 4.01. The molecule has 0 heterocycles. The number of hydrogen-bond donors (Lipinski definition) is 0. The molecule has 0 aliphatic rings. The van der Waals surface area contributed by atoms with Crippen molar-refractivity contribution in [3.63, 3.8) is 0 Å². The van der Waals surface area contributed by atoms with Gasteiger partial charge in [0.05, 0.1) is 0 Å². The summed E-state index contributed by atoms with van der Waals surface area (Å²) in [6.07, 6.45) is 0.0808. The Kier molecular flexibility index (Phi) is 4.89. The molecule has 0 radical (unpaired) electrons. The predicted molar refractivity (Wildman–Crippen MR) is 86.8 cm³/mol. The molecule has 2 aromatic carbocycles. The predicted octanol–water partition coefficient (Wildman–Crippen LogP) is 4.95. The smallest absolute Gasteiger partial charge is 0.119 e. The van der Waals surface area contributed by atoms with Crippen molar-refractivity contribution in [3.05, 3.63) is 60.7 Å². The van der Waals surface area contributed by atoms with Crippen LogP contribution in [-0.4, -0.2) is 12.2 Å². The van der Waals surface area contributed by atoms with E-state index in [-0.39, 0.29) is 17.6 Å². The maximum Gasteiger partial charge on any atom is 0.119 e. The van der Waals surface area contributed by atoms with Gasteiger partial charge in [0.15, 0.2) is 0 Å². The van der Waals surface area contributed by atoms with Gasteiger partial charge in [0, 0.05) is 5.41 Å². The van der Waals surface area contributed by atoms with Crippen LogP contribution in [0.25, 0.3) is 0 Å². The van der Waals surface area contributed by atoms with Crippen LogP contribution in [0, 0.1) is 5.41 Å². The van der Waals surface area contributed by atoms with E-state index in [4.69, 9.17) is 9.47 Å². The van der Waals surface area contributed by atoms with E-state index in [0.717, 1.165) is 11.5 Å². The Balaban J connectivity index is 2.02. The summed E-state index contributed by atoms with van der Waals surface area (Å²) in [5.41, 5.74) is -0.119. The summed E-state index contributed by atoms with van der Waals surface area (Å²) in [4.78, 5) is 0. The van der Waals surface area contributed by atoms with Gasteiger partial charge in [-0.2, -0.15) is 0 Å². The third-order valence-electron chi connectivity index (χ3n) is 4.21. The molecule has 2 atom stereocenters. The Morgan fingerprint density at radius 3 is 1.33 bits per heavy atom. The van der Waals surface area contributed by atoms with Gasteiger partial charge < -0.3 is 9.47 Å². The Bertz CT molecular complexity index is 485. The van der Waals surface area contributed by atoms with E-state index in [1.165, 1.54) is 0 Å². The first kappa shape index (κ1) is 15.4. The molecule has 2 aromatic rings. The standard InChI is InChI=1S/C19H24O2/c1-15(20-17-11-7-5-8-12-17)19(3,4)16(2)21-18-13-9-6-10-14-18/h5-16H,1-4H3. The summed E-state index contributed by atoms with van der Waals surface area (Å²) in [5, 5.41) is 0. The van der Waals surface area contributed by atoms with Crippen molar-refractivity contribution in [2.24, 2.45) is 5.41 Å². The fourth-order valence-electron chi connectivity index (χ4n) is 2.04. The van der Waals surface area contributed by atoms with Crippen molar-refractivity contribution < 1.29 is 9.47 Å². The molecule has 2 heteroatoms. The van der Waals surface area contributed by atoms with E-state index in [9.17, 15) is 0 Å². The van der Waals surface area contributed by atoms with Crippen molar-refractivity contribution in [2.45, 2.75) is 39.9 Å².